The molecule has 2 N–H and O–H groups in total. The Morgan fingerprint density at radius 1 is 1.45 bits per heavy atom. The first-order valence-corrected chi connectivity index (χ1v) is 7.77. The van der Waals surface area contributed by atoms with Crippen LogP contribution in [0.4, 0.5) is 4.39 Å². The summed E-state index contributed by atoms with van der Waals surface area (Å²) in [5, 5.41) is 0.427. The molecule has 0 heterocycles. The Bertz CT molecular complexity index is 452. The van der Waals surface area contributed by atoms with Crippen molar-refractivity contribution in [3.05, 3.63) is 34.6 Å². The van der Waals surface area contributed by atoms with Crippen molar-refractivity contribution in [3.8, 4) is 0 Å². The molecule has 1 aliphatic carbocycles. The number of nitrogens with zero attached hydrogens (tertiary/aromatic N) is 1. The zero-order valence-electron chi connectivity index (χ0n) is 12.3. The molecule has 112 valence electrons. The molecule has 2 nitrogen and oxygen atoms in total. The highest BCUT2D eigenvalue weighted by Gasteiger charge is 2.28. The Balaban J connectivity index is 2.18. The minimum absolute atomic E-state index is 0.0810. The second-order valence-electron chi connectivity index (χ2n) is 6.01. The van der Waals surface area contributed by atoms with Gasteiger partial charge in [0.1, 0.15) is 5.82 Å². The van der Waals surface area contributed by atoms with Gasteiger partial charge in [-0.15, -0.1) is 0 Å². The van der Waals surface area contributed by atoms with Crippen LogP contribution in [0.5, 0.6) is 0 Å². The molecule has 4 heteroatoms. The lowest BCUT2D eigenvalue weighted by atomic mass is 9.85. The minimum atomic E-state index is -0.261. The second-order valence-corrected chi connectivity index (χ2v) is 6.44. The number of benzene rings is 1. The number of halogens is 2. The first-order valence-electron chi connectivity index (χ1n) is 7.40. The summed E-state index contributed by atoms with van der Waals surface area (Å²) < 4.78 is 14.1. The zero-order chi connectivity index (χ0) is 14.7. The van der Waals surface area contributed by atoms with E-state index in [4.69, 9.17) is 17.3 Å². The highest BCUT2D eigenvalue weighted by atomic mass is 35.5. The van der Waals surface area contributed by atoms with Gasteiger partial charge in [-0.3, -0.25) is 4.90 Å². The van der Waals surface area contributed by atoms with E-state index in [1.807, 2.05) is 0 Å². The molecule has 1 aliphatic rings. The average Bonchev–Trinajstić information content (AvgIpc) is 2.41. The Kier molecular flexibility index (Phi) is 5.42. The summed E-state index contributed by atoms with van der Waals surface area (Å²) in [6.07, 6.45) is 4.89. The third-order valence-electron chi connectivity index (χ3n) is 4.52. The highest BCUT2D eigenvalue weighted by Crippen LogP contribution is 2.32. The van der Waals surface area contributed by atoms with Gasteiger partial charge in [0.15, 0.2) is 0 Å². The summed E-state index contributed by atoms with van der Waals surface area (Å²) in [6, 6.07) is 5.28. The molecule has 0 bridgehead atoms. The van der Waals surface area contributed by atoms with Crippen molar-refractivity contribution >= 4 is 11.6 Å². The van der Waals surface area contributed by atoms with Crippen LogP contribution in [0.1, 0.15) is 44.2 Å². The Morgan fingerprint density at radius 2 is 2.20 bits per heavy atom. The van der Waals surface area contributed by atoms with E-state index in [9.17, 15) is 4.39 Å². The molecular weight excluding hydrogens is 275 g/mol. The van der Waals surface area contributed by atoms with Gasteiger partial charge >= 0.3 is 0 Å². The van der Waals surface area contributed by atoms with Crippen LogP contribution in [0.15, 0.2) is 18.2 Å². The van der Waals surface area contributed by atoms with E-state index >= 15 is 0 Å². The van der Waals surface area contributed by atoms with Crippen molar-refractivity contribution in [1.29, 1.82) is 0 Å². The molecule has 3 unspecified atom stereocenters. The smallest absolute Gasteiger partial charge is 0.129 e. The summed E-state index contributed by atoms with van der Waals surface area (Å²) in [5.41, 5.74) is 6.56. The Labute approximate surface area is 126 Å². The lowest BCUT2D eigenvalue weighted by Gasteiger charge is -2.39. The zero-order valence-corrected chi connectivity index (χ0v) is 13.0. The molecule has 1 saturated carbocycles. The van der Waals surface area contributed by atoms with Crippen LogP contribution in [0, 0.1) is 11.7 Å². The van der Waals surface area contributed by atoms with Gasteiger partial charge in [-0.2, -0.15) is 0 Å². The van der Waals surface area contributed by atoms with Crippen molar-refractivity contribution in [2.24, 2.45) is 11.7 Å². The number of hydrogen-bond acceptors (Lipinski definition) is 2. The third-order valence-corrected chi connectivity index (χ3v) is 4.76. The van der Waals surface area contributed by atoms with Gasteiger partial charge in [-0.25, -0.2) is 4.39 Å². The molecular formula is C16H24ClFN2. The molecule has 1 fully saturated rings. The van der Waals surface area contributed by atoms with Crippen LogP contribution in [0.2, 0.25) is 5.02 Å². The van der Waals surface area contributed by atoms with Gasteiger partial charge in [0.25, 0.3) is 0 Å². The van der Waals surface area contributed by atoms with Crippen LogP contribution < -0.4 is 5.73 Å². The van der Waals surface area contributed by atoms with E-state index in [1.165, 1.54) is 31.7 Å². The summed E-state index contributed by atoms with van der Waals surface area (Å²) in [4.78, 5) is 2.25. The lowest BCUT2D eigenvalue weighted by Crippen LogP contribution is -2.41. The molecule has 0 saturated heterocycles. The third kappa shape index (κ3) is 3.51. The lowest BCUT2D eigenvalue weighted by molar-refractivity contribution is 0.119. The number of hydrogen-bond donors (Lipinski definition) is 1. The molecule has 20 heavy (non-hydrogen) atoms. The number of rotatable bonds is 4. The van der Waals surface area contributed by atoms with Crippen molar-refractivity contribution < 1.29 is 4.39 Å². The van der Waals surface area contributed by atoms with Gasteiger partial charge in [0, 0.05) is 29.2 Å². The summed E-state index contributed by atoms with van der Waals surface area (Å²) >= 11 is 5.83. The van der Waals surface area contributed by atoms with Gasteiger partial charge in [-0.1, -0.05) is 37.4 Å². The Morgan fingerprint density at radius 3 is 2.80 bits per heavy atom. The quantitative estimate of drug-likeness (QED) is 0.911. The van der Waals surface area contributed by atoms with Crippen LogP contribution in [0.25, 0.3) is 0 Å². The van der Waals surface area contributed by atoms with E-state index in [2.05, 4.69) is 18.9 Å². The molecule has 0 amide bonds. The number of likely N-dealkylation sites (N-methyl/N-ethyl adjacent to an activating group) is 1. The van der Waals surface area contributed by atoms with E-state index in [0.717, 1.165) is 5.92 Å². The molecule has 0 spiro atoms. The maximum atomic E-state index is 14.1. The standard InChI is InChI=1S/C16H24ClFN2/c1-11-4-3-5-13(8-11)20(2)16(10-19)14-7-6-12(17)9-15(14)18/h6-7,9,11,13,16H,3-5,8,10,19H2,1-2H3. The maximum Gasteiger partial charge on any atom is 0.129 e. The van der Waals surface area contributed by atoms with E-state index in [-0.39, 0.29) is 11.9 Å². The molecule has 3 atom stereocenters. The summed E-state index contributed by atoms with van der Waals surface area (Å²) in [7, 11) is 2.06. The first-order chi connectivity index (χ1) is 9.52. The number of nitrogens with two attached hydrogens (primary N) is 1. The van der Waals surface area contributed by atoms with Crippen LogP contribution in [-0.4, -0.2) is 24.5 Å². The topological polar surface area (TPSA) is 29.3 Å². The largest absolute Gasteiger partial charge is 0.329 e. The predicted octanol–water partition coefficient (Wildman–Crippen LogP) is 3.99. The minimum Gasteiger partial charge on any atom is -0.329 e. The van der Waals surface area contributed by atoms with E-state index in [1.54, 1.807) is 12.1 Å². The van der Waals surface area contributed by atoms with Crippen molar-refractivity contribution in [2.75, 3.05) is 13.6 Å². The van der Waals surface area contributed by atoms with Gasteiger partial charge in [0.05, 0.1) is 0 Å². The van der Waals surface area contributed by atoms with Crippen molar-refractivity contribution in [2.45, 2.75) is 44.7 Å². The first kappa shape index (κ1) is 15.7. The van der Waals surface area contributed by atoms with E-state index in [0.29, 0.717) is 23.2 Å². The fourth-order valence-electron chi connectivity index (χ4n) is 3.31. The molecule has 0 radical (unpaired) electrons. The highest BCUT2D eigenvalue weighted by molar-refractivity contribution is 6.30. The second kappa shape index (κ2) is 6.88. The van der Waals surface area contributed by atoms with Crippen molar-refractivity contribution in [1.82, 2.24) is 4.90 Å². The fraction of sp³-hybridized carbons (Fsp3) is 0.625. The average molecular weight is 299 g/mol. The fourth-order valence-corrected chi connectivity index (χ4v) is 3.47. The molecule has 1 aromatic rings. The normalized spacial score (nSPS) is 24.9. The Hall–Kier alpha value is -0.640. The van der Waals surface area contributed by atoms with E-state index < -0.39 is 0 Å². The predicted molar refractivity (Wildman–Crippen MR) is 82.4 cm³/mol. The molecule has 0 aromatic heterocycles. The van der Waals surface area contributed by atoms with Crippen LogP contribution >= 0.6 is 11.6 Å². The summed E-state index contributed by atoms with van der Waals surface area (Å²) in [6.45, 7) is 2.71. The maximum absolute atomic E-state index is 14.1. The van der Waals surface area contributed by atoms with Gasteiger partial charge in [0.2, 0.25) is 0 Å². The van der Waals surface area contributed by atoms with Crippen LogP contribution in [-0.2, 0) is 0 Å². The molecule has 1 aromatic carbocycles. The summed E-state index contributed by atoms with van der Waals surface area (Å²) in [5.74, 6) is 0.480. The monoisotopic (exact) mass is 298 g/mol. The van der Waals surface area contributed by atoms with Gasteiger partial charge in [-0.05, 0) is 37.9 Å². The van der Waals surface area contributed by atoms with Crippen molar-refractivity contribution in [3.63, 3.8) is 0 Å². The van der Waals surface area contributed by atoms with Crippen LogP contribution in [0.3, 0.4) is 0 Å². The SMILES string of the molecule is CC1CCCC(N(C)C(CN)c2ccc(Cl)cc2F)C1. The molecule has 2 rings (SSSR count). The molecule has 0 aliphatic heterocycles. The van der Waals surface area contributed by atoms with Gasteiger partial charge < -0.3 is 5.73 Å².